The highest BCUT2D eigenvalue weighted by Crippen LogP contribution is 2.22. The van der Waals surface area contributed by atoms with Crippen molar-refractivity contribution in [3.05, 3.63) is 28.0 Å². The molecule has 0 aromatic carbocycles. The van der Waals surface area contributed by atoms with E-state index in [0.29, 0.717) is 17.0 Å². The predicted molar refractivity (Wildman–Crippen MR) is 83.6 cm³/mol. The van der Waals surface area contributed by atoms with Crippen molar-refractivity contribution in [1.29, 1.82) is 0 Å². The first-order valence-electron chi connectivity index (χ1n) is 6.90. The summed E-state index contributed by atoms with van der Waals surface area (Å²) >= 11 is 1.32. The van der Waals surface area contributed by atoms with Gasteiger partial charge in [-0.3, -0.25) is 9.69 Å². The van der Waals surface area contributed by atoms with Gasteiger partial charge in [0.2, 0.25) is 0 Å². The standard InChI is InChI=1S/C15H20N2O3S/c1-10-8-17(9-11(2)16(10)3)15(20)13-6-4-12(21-13)5-7-14(18)19/h4-7,10-11H,8-9H2,1-3H3,(H,18,19)/b7-5+. The third kappa shape index (κ3) is 3.71. The predicted octanol–water partition coefficient (Wildman–Crippen LogP) is 2.01. The second-order valence-electron chi connectivity index (χ2n) is 5.45. The number of nitrogens with zero attached hydrogens (tertiary/aromatic N) is 2. The first kappa shape index (κ1) is 15.7. The molecule has 1 aromatic heterocycles. The molecular formula is C15H20N2O3S. The zero-order chi connectivity index (χ0) is 15.6. The van der Waals surface area contributed by atoms with E-state index in [0.717, 1.165) is 24.0 Å². The molecule has 114 valence electrons. The van der Waals surface area contributed by atoms with Gasteiger partial charge in [-0.05, 0) is 39.1 Å². The number of aliphatic carboxylic acids is 1. The van der Waals surface area contributed by atoms with Gasteiger partial charge in [-0.2, -0.15) is 0 Å². The minimum Gasteiger partial charge on any atom is -0.478 e. The minimum atomic E-state index is -0.988. The number of thiophene rings is 1. The average molecular weight is 308 g/mol. The van der Waals surface area contributed by atoms with Crippen molar-refractivity contribution in [3.63, 3.8) is 0 Å². The first-order chi connectivity index (χ1) is 9.88. The summed E-state index contributed by atoms with van der Waals surface area (Å²) in [4.78, 5) is 28.6. The number of carbonyl (C=O) groups is 2. The molecule has 0 saturated carbocycles. The summed E-state index contributed by atoms with van der Waals surface area (Å²) in [5, 5.41) is 8.62. The molecule has 0 radical (unpaired) electrons. The van der Waals surface area contributed by atoms with Crippen molar-refractivity contribution in [2.45, 2.75) is 25.9 Å². The molecule has 2 unspecified atom stereocenters. The fourth-order valence-corrected chi connectivity index (χ4v) is 3.32. The molecule has 1 amide bonds. The Bertz CT molecular complexity index is 555. The molecule has 1 fully saturated rings. The topological polar surface area (TPSA) is 60.9 Å². The maximum atomic E-state index is 12.5. The van der Waals surface area contributed by atoms with E-state index in [1.807, 2.05) is 4.90 Å². The molecule has 1 saturated heterocycles. The van der Waals surface area contributed by atoms with Crippen molar-refractivity contribution in [2.24, 2.45) is 0 Å². The Labute approximate surface area is 128 Å². The maximum Gasteiger partial charge on any atom is 0.328 e. The molecular weight excluding hydrogens is 288 g/mol. The third-order valence-electron chi connectivity index (χ3n) is 3.87. The van der Waals surface area contributed by atoms with E-state index < -0.39 is 5.97 Å². The zero-order valence-corrected chi connectivity index (χ0v) is 13.3. The summed E-state index contributed by atoms with van der Waals surface area (Å²) in [6.07, 6.45) is 2.60. The highest BCUT2D eigenvalue weighted by molar-refractivity contribution is 7.14. The van der Waals surface area contributed by atoms with Crippen molar-refractivity contribution >= 4 is 29.3 Å². The molecule has 1 aliphatic rings. The SMILES string of the molecule is CC1CN(C(=O)c2ccc(/C=C/C(=O)O)s2)CC(C)N1C. The normalized spacial score (nSPS) is 23.7. The number of rotatable bonds is 3. The van der Waals surface area contributed by atoms with Gasteiger partial charge in [0.25, 0.3) is 5.91 Å². The van der Waals surface area contributed by atoms with E-state index in [2.05, 4.69) is 25.8 Å². The molecule has 6 heteroatoms. The monoisotopic (exact) mass is 308 g/mol. The quantitative estimate of drug-likeness (QED) is 0.868. The summed E-state index contributed by atoms with van der Waals surface area (Å²) in [5.41, 5.74) is 0. The van der Waals surface area contributed by atoms with Crippen molar-refractivity contribution in [1.82, 2.24) is 9.80 Å². The lowest BCUT2D eigenvalue weighted by atomic mass is 10.1. The fraction of sp³-hybridized carbons (Fsp3) is 0.467. The summed E-state index contributed by atoms with van der Waals surface area (Å²) in [6, 6.07) is 4.22. The minimum absolute atomic E-state index is 0.0294. The lowest BCUT2D eigenvalue weighted by Crippen LogP contribution is -2.56. The number of hydrogen-bond donors (Lipinski definition) is 1. The Morgan fingerprint density at radius 2 is 1.90 bits per heavy atom. The highest BCUT2D eigenvalue weighted by atomic mass is 32.1. The summed E-state index contributed by atoms with van der Waals surface area (Å²) in [5.74, 6) is -0.959. The van der Waals surface area contributed by atoms with E-state index in [4.69, 9.17) is 5.11 Å². The Morgan fingerprint density at radius 1 is 1.29 bits per heavy atom. The van der Waals surface area contributed by atoms with Crippen molar-refractivity contribution < 1.29 is 14.7 Å². The average Bonchev–Trinajstić information content (AvgIpc) is 2.90. The van der Waals surface area contributed by atoms with Gasteiger partial charge >= 0.3 is 5.97 Å². The van der Waals surface area contributed by atoms with Crippen LogP contribution >= 0.6 is 11.3 Å². The Hall–Kier alpha value is -1.66. The number of piperazine rings is 1. The Kier molecular flexibility index (Phi) is 4.80. The summed E-state index contributed by atoms with van der Waals surface area (Å²) in [6.45, 7) is 5.67. The van der Waals surface area contributed by atoms with Crippen molar-refractivity contribution in [3.8, 4) is 0 Å². The van der Waals surface area contributed by atoms with E-state index in [-0.39, 0.29) is 5.91 Å². The molecule has 2 atom stereocenters. The zero-order valence-electron chi connectivity index (χ0n) is 12.4. The van der Waals surface area contributed by atoms with Crippen LogP contribution in [0.5, 0.6) is 0 Å². The van der Waals surface area contributed by atoms with Gasteiger partial charge in [-0.15, -0.1) is 11.3 Å². The molecule has 0 bridgehead atoms. The maximum absolute atomic E-state index is 12.5. The molecule has 0 aliphatic carbocycles. The summed E-state index contributed by atoms with van der Waals surface area (Å²) in [7, 11) is 2.08. The van der Waals surface area contributed by atoms with Crippen LogP contribution in [-0.2, 0) is 4.79 Å². The lowest BCUT2D eigenvalue weighted by molar-refractivity contribution is -0.131. The lowest BCUT2D eigenvalue weighted by Gasteiger charge is -2.42. The van der Waals surface area contributed by atoms with Gasteiger partial charge in [-0.25, -0.2) is 4.79 Å². The smallest absolute Gasteiger partial charge is 0.328 e. The van der Waals surface area contributed by atoms with Gasteiger partial charge < -0.3 is 10.0 Å². The Morgan fingerprint density at radius 3 is 2.48 bits per heavy atom. The van der Waals surface area contributed by atoms with Crippen LogP contribution in [0, 0.1) is 0 Å². The molecule has 1 aliphatic heterocycles. The van der Waals surface area contributed by atoms with Crippen LogP contribution in [0.1, 0.15) is 28.4 Å². The second kappa shape index (κ2) is 6.41. The molecule has 5 nitrogen and oxygen atoms in total. The van der Waals surface area contributed by atoms with E-state index in [9.17, 15) is 9.59 Å². The van der Waals surface area contributed by atoms with Crippen LogP contribution < -0.4 is 0 Å². The number of hydrogen-bond acceptors (Lipinski definition) is 4. The molecule has 2 rings (SSSR count). The van der Waals surface area contributed by atoms with Crippen LogP contribution in [0.3, 0.4) is 0 Å². The van der Waals surface area contributed by atoms with Gasteiger partial charge in [0.05, 0.1) is 4.88 Å². The molecule has 1 aromatic rings. The molecule has 1 N–H and O–H groups in total. The number of amides is 1. The number of carboxylic acids is 1. The van der Waals surface area contributed by atoms with Crippen LogP contribution in [0.25, 0.3) is 6.08 Å². The number of carboxylic acid groups (broad SMARTS) is 1. The fourth-order valence-electron chi connectivity index (χ4n) is 2.44. The van der Waals surface area contributed by atoms with Crippen LogP contribution in [0.4, 0.5) is 0 Å². The number of carbonyl (C=O) groups excluding carboxylic acids is 1. The van der Waals surface area contributed by atoms with E-state index in [1.165, 1.54) is 17.4 Å². The third-order valence-corrected chi connectivity index (χ3v) is 4.91. The second-order valence-corrected chi connectivity index (χ2v) is 6.56. The van der Waals surface area contributed by atoms with Gasteiger partial charge in [-0.1, -0.05) is 0 Å². The number of likely N-dealkylation sites (N-methyl/N-ethyl adjacent to an activating group) is 1. The van der Waals surface area contributed by atoms with Crippen LogP contribution in [0.15, 0.2) is 18.2 Å². The molecule has 2 heterocycles. The van der Waals surface area contributed by atoms with E-state index >= 15 is 0 Å². The molecule has 0 spiro atoms. The van der Waals surface area contributed by atoms with Gasteiger partial charge in [0.1, 0.15) is 0 Å². The van der Waals surface area contributed by atoms with Crippen LogP contribution in [-0.4, -0.2) is 59.0 Å². The van der Waals surface area contributed by atoms with Gasteiger partial charge in [0, 0.05) is 36.1 Å². The highest BCUT2D eigenvalue weighted by Gasteiger charge is 2.30. The Balaban J connectivity index is 2.08. The van der Waals surface area contributed by atoms with Gasteiger partial charge in [0.15, 0.2) is 0 Å². The van der Waals surface area contributed by atoms with Crippen molar-refractivity contribution in [2.75, 3.05) is 20.1 Å². The largest absolute Gasteiger partial charge is 0.478 e. The van der Waals surface area contributed by atoms with E-state index in [1.54, 1.807) is 12.1 Å². The first-order valence-corrected chi connectivity index (χ1v) is 7.72. The summed E-state index contributed by atoms with van der Waals surface area (Å²) < 4.78 is 0. The van der Waals surface area contributed by atoms with Crippen LogP contribution in [0.2, 0.25) is 0 Å². The molecule has 21 heavy (non-hydrogen) atoms.